The number of nitrogens with zero attached hydrogens (tertiary/aromatic N) is 1. The average molecular weight is 340 g/mol. The third-order valence-electron chi connectivity index (χ3n) is 4.27. The summed E-state index contributed by atoms with van der Waals surface area (Å²) in [7, 11) is 1.58. The molecule has 6 heteroatoms. The lowest BCUT2D eigenvalue weighted by atomic mass is 9.92. The summed E-state index contributed by atoms with van der Waals surface area (Å²) in [6.45, 7) is 2.13. The van der Waals surface area contributed by atoms with Gasteiger partial charge >= 0.3 is 6.03 Å². The van der Waals surface area contributed by atoms with Crippen LogP contribution in [0.15, 0.2) is 54.6 Å². The van der Waals surface area contributed by atoms with Crippen LogP contribution in [-0.4, -0.2) is 37.1 Å². The molecule has 2 aromatic rings. The van der Waals surface area contributed by atoms with Gasteiger partial charge < -0.3 is 14.8 Å². The summed E-state index contributed by atoms with van der Waals surface area (Å²) >= 11 is 0. The summed E-state index contributed by atoms with van der Waals surface area (Å²) in [5.41, 5.74) is -0.381. The lowest BCUT2D eigenvalue weighted by Gasteiger charge is -2.22. The highest BCUT2D eigenvalue weighted by Gasteiger charge is 2.48. The topological polar surface area (TPSA) is 67.9 Å². The molecule has 1 N–H and O–H groups in total. The summed E-state index contributed by atoms with van der Waals surface area (Å²) < 4.78 is 10.7. The fraction of sp³-hybridized carbons (Fsp3) is 0.263. The highest BCUT2D eigenvalue weighted by atomic mass is 16.5. The molecular formula is C19H20N2O4. The number of hydrogen-bond donors (Lipinski definition) is 1. The number of benzene rings is 2. The first-order chi connectivity index (χ1) is 12.0. The number of nitrogens with one attached hydrogen (secondary N) is 1. The molecule has 0 bridgehead atoms. The molecule has 1 fully saturated rings. The number of para-hydroxylation sites is 1. The number of hydrogen-bond acceptors (Lipinski definition) is 4. The molecule has 2 aromatic carbocycles. The number of carbonyl (C=O) groups is 2. The molecule has 0 aromatic heterocycles. The number of rotatable bonds is 6. The SMILES string of the molecule is COc1ccc(C2(C)NC(=O)N(CCOc3ccccc3)C2=O)cc1. The smallest absolute Gasteiger partial charge is 0.325 e. The van der Waals surface area contributed by atoms with E-state index in [1.165, 1.54) is 4.90 Å². The van der Waals surface area contributed by atoms with Crippen LogP contribution in [-0.2, 0) is 10.3 Å². The van der Waals surface area contributed by atoms with E-state index in [9.17, 15) is 9.59 Å². The summed E-state index contributed by atoms with van der Waals surface area (Å²) in [5, 5.41) is 2.77. The van der Waals surface area contributed by atoms with Gasteiger partial charge in [-0.25, -0.2) is 4.79 Å². The quantitative estimate of drug-likeness (QED) is 0.821. The zero-order valence-corrected chi connectivity index (χ0v) is 14.2. The van der Waals surface area contributed by atoms with Gasteiger partial charge in [-0.05, 0) is 36.8 Å². The molecular weight excluding hydrogens is 320 g/mol. The van der Waals surface area contributed by atoms with Crippen LogP contribution in [0.25, 0.3) is 0 Å². The monoisotopic (exact) mass is 340 g/mol. The minimum atomic E-state index is -1.09. The highest BCUT2D eigenvalue weighted by Crippen LogP contribution is 2.29. The first-order valence-electron chi connectivity index (χ1n) is 8.01. The zero-order valence-electron chi connectivity index (χ0n) is 14.2. The predicted molar refractivity (Wildman–Crippen MR) is 92.5 cm³/mol. The molecule has 1 heterocycles. The van der Waals surface area contributed by atoms with Crippen molar-refractivity contribution in [3.8, 4) is 11.5 Å². The molecule has 0 spiro atoms. The van der Waals surface area contributed by atoms with Crippen molar-refractivity contribution in [2.45, 2.75) is 12.5 Å². The third-order valence-corrected chi connectivity index (χ3v) is 4.27. The molecule has 1 aliphatic heterocycles. The van der Waals surface area contributed by atoms with Crippen molar-refractivity contribution in [2.24, 2.45) is 0 Å². The molecule has 3 amide bonds. The van der Waals surface area contributed by atoms with Crippen LogP contribution in [0.2, 0.25) is 0 Å². The van der Waals surface area contributed by atoms with Crippen molar-refractivity contribution in [1.29, 1.82) is 0 Å². The van der Waals surface area contributed by atoms with Crippen molar-refractivity contribution < 1.29 is 19.1 Å². The van der Waals surface area contributed by atoms with Crippen molar-refractivity contribution >= 4 is 11.9 Å². The normalized spacial score (nSPS) is 19.7. The van der Waals surface area contributed by atoms with Gasteiger partial charge in [-0.2, -0.15) is 0 Å². The Morgan fingerprint density at radius 3 is 2.32 bits per heavy atom. The number of carbonyl (C=O) groups excluding carboxylic acids is 2. The predicted octanol–water partition coefficient (Wildman–Crippen LogP) is 2.54. The Labute approximate surface area is 146 Å². The van der Waals surface area contributed by atoms with Crippen molar-refractivity contribution in [1.82, 2.24) is 10.2 Å². The van der Waals surface area contributed by atoms with Gasteiger partial charge in [0.25, 0.3) is 5.91 Å². The molecule has 0 radical (unpaired) electrons. The number of ether oxygens (including phenoxy) is 2. The molecule has 25 heavy (non-hydrogen) atoms. The molecule has 3 rings (SSSR count). The number of amides is 3. The van der Waals surface area contributed by atoms with Crippen LogP contribution < -0.4 is 14.8 Å². The average Bonchev–Trinajstić information content (AvgIpc) is 2.86. The second-order valence-electron chi connectivity index (χ2n) is 5.90. The third kappa shape index (κ3) is 3.28. The molecule has 0 saturated carbocycles. The summed E-state index contributed by atoms with van der Waals surface area (Å²) in [4.78, 5) is 26.2. The number of methoxy groups -OCH3 is 1. The molecule has 1 aliphatic rings. The molecule has 1 saturated heterocycles. The van der Waals surface area contributed by atoms with Gasteiger partial charge in [0, 0.05) is 0 Å². The van der Waals surface area contributed by atoms with Gasteiger partial charge in [-0.1, -0.05) is 30.3 Å². The minimum absolute atomic E-state index is 0.186. The fourth-order valence-corrected chi connectivity index (χ4v) is 2.79. The number of urea groups is 1. The van der Waals surface area contributed by atoms with Crippen molar-refractivity contribution in [3.05, 3.63) is 60.2 Å². The minimum Gasteiger partial charge on any atom is -0.497 e. The fourth-order valence-electron chi connectivity index (χ4n) is 2.79. The zero-order chi connectivity index (χ0) is 17.9. The Bertz CT molecular complexity index is 761. The second kappa shape index (κ2) is 6.84. The van der Waals surface area contributed by atoms with Crippen LogP contribution in [0.5, 0.6) is 11.5 Å². The first-order valence-corrected chi connectivity index (χ1v) is 8.01. The Hall–Kier alpha value is -3.02. The van der Waals surface area contributed by atoms with Gasteiger partial charge in [0.2, 0.25) is 0 Å². The van der Waals surface area contributed by atoms with E-state index in [4.69, 9.17) is 9.47 Å². The van der Waals surface area contributed by atoms with E-state index in [0.29, 0.717) is 17.1 Å². The Kier molecular flexibility index (Phi) is 4.61. The second-order valence-corrected chi connectivity index (χ2v) is 5.90. The maximum Gasteiger partial charge on any atom is 0.325 e. The van der Waals surface area contributed by atoms with E-state index >= 15 is 0 Å². The van der Waals surface area contributed by atoms with Crippen LogP contribution in [0, 0.1) is 0 Å². The van der Waals surface area contributed by atoms with Crippen LogP contribution in [0.4, 0.5) is 4.79 Å². The highest BCUT2D eigenvalue weighted by molar-refractivity contribution is 6.07. The Balaban J connectivity index is 1.68. The van der Waals surface area contributed by atoms with E-state index in [0.717, 1.165) is 0 Å². The largest absolute Gasteiger partial charge is 0.497 e. The van der Waals surface area contributed by atoms with Gasteiger partial charge in [-0.15, -0.1) is 0 Å². The molecule has 1 unspecified atom stereocenters. The molecule has 0 aliphatic carbocycles. The Morgan fingerprint density at radius 2 is 1.68 bits per heavy atom. The standard InChI is InChI=1S/C19H20N2O4/c1-19(14-8-10-15(24-2)11-9-14)17(22)21(18(23)20-19)12-13-25-16-6-4-3-5-7-16/h3-11H,12-13H2,1-2H3,(H,20,23). The lowest BCUT2D eigenvalue weighted by Crippen LogP contribution is -2.41. The van der Waals surface area contributed by atoms with Crippen molar-refractivity contribution in [3.63, 3.8) is 0 Å². The summed E-state index contributed by atoms with van der Waals surface area (Å²) in [6, 6.07) is 15.9. The maximum atomic E-state index is 12.8. The van der Waals surface area contributed by atoms with Crippen LogP contribution >= 0.6 is 0 Å². The lowest BCUT2D eigenvalue weighted by molar-refractivity contribution is -0.131. The van der Waals surface area contributed by atoms with Crippen LogP contribution in [0.1, 0.15) is 12.5 Å². The van der Waals surface area contributed by atoms with E-state index in [-0.39, 0.29) is 19.1 Å². The summed E-state index contributed by atoms with van der Waals surface area (Å²) in [5.74, 6) is 1.10. The Morgan fingerprint density at radius 1 is 1.00 bits per heavy atom. The van der Waals surface area contributed by atoms with Gasteiger partial charge in [0.05, 0.1) is 13.7 Å². The molecule has 130 valence electrons. The maximum absolute atomic E-state index is 12.8. The van der Waals surface area contributed by atoms with Gasteiger partial charge in [0.15, 0.2) is 0 Å². The number of imide groups is 1. The van der Waals surface area contributed by atoms with E-state index in [2.05, 4.69) is 5.32 Å². The van der Waals surface area contributed by atoms with E-state index in [1.54, 1.807) is 38.3 Å². The summed E-state index contributed by atoms with van der Waals surface area (Å²) in [6.07, 6.45) is 0. The first kappa shape index (κ1) is 16.8. The van der Waals surface area contributed by atoms with Crippen molar-refractivity contribution in [2.75, 3.05) is 20.3 Å². The van der Waals surface area contributed by atoms with E-state index < -0.39 is 11.6 Å². The van der Waals surface area contributed by atoms with E-state index in [1.807, 2.05) is 30.3 Å². The molecule has 6 nitrogen and oxygen atoms in total. The van der Waals surface area contributed by atoms with Gasteiger partial charge in [-0.3, -0.25) is 9.69 Å². The molecule has 1 atom stereocenters. The van der Waals surface area contributed by atoms with Gasteiger partial charge in [0.1, 0.15) is 23.6 Å². The van der Waals surface area contributed by atoms with Crippen LogP contribution in [0.3, 0.4) is 0 Å².